The van der Waals surface area contributed by atoms with Crippen LogP contribution in [0.2, 0.25) is 0 Å². The highest BCUT2D eigenvalue weighted by Crippen LogP contribution is 2.41. The van der Waals surface area contributed by atoms with Crippen molar-refractivity contribution in [1.82, 2.24) is 0 Å². The molecule has 9 heavy (non-hydrogen) atoms. The minimum Gasteiger partial charge on any atom is -0.456 e. The molecule has 0 radical (unpaired) electrons. The second-order valence-corrected chi connectivity index (χ2v) is 2.71. The molecule has 2 rings (SSSR count). The fourth-order valence-corrected chi connectivity index (χ4v) is 1.22. The molecule has 1 heterocycles. The summed E-state index contributed by atoms with van der Waals surface area (Å²) in [4.78, 5) is 0. The molecule has 0 saturated heterocycles. The Hall–Kier alpha value is -0.660. The van der Waals surface area contributed by atoms with E-state index in [9.17, 15) is 0 Å². The minimum absolute atomic E-state index is 0.204. The minimum atomic E-state index is -0.204. The molecule has 0 amide bonds. The Morgan fingerprint density at radius 1 is 1.56 bits per heavy atom. The van der Waals surface area contributed by atoms with Gasteiger partial charge in [0.15, 0.2) is 0 Å². The van der Waals surface area contributed by atoms with E-state index in [2.05, 4.69) is 0 Å². The van der Waals surface area contributed by atoms with Crippen molar-refractivity contribution >= 4 is 0 Å². The third-order valence-corrected chi connectivity index (χ3v) is 1.90. The van der Waals surface area contributed by atoms with Gasteiger partial charge in [0.05, 0.1) is 0 Å². The topological polar surface area (TPSA) is 18.5 Å². The van der Waals surface area contributed by atoms with Crippen molar-refractivity contribution in [2.24, 2.45) is 0 Å². The number of ether oxygens (including phenoxy) is 2. The number of rotatable bonds is 0. The fraction of sp³-hybridized carbons (Fsp3) is 0.714. The van der Waals surface area contributed by atoms with E-state index in [4.69, 9.17) is 9.47 Å². The molecule has 2 nitrogen and oxygen atoms in total. The summed E-state index contributed by atoms with van der Waals surface area (Å²) in [7, 11) is 0. The molecule has 0 atom stereocenters. The smallest absolute Gasteiger partial charge is 0.250 e. The van der Waals surface area contributed by atoms with Crippen LogP contribution in [-0.4, -0.2) is 5.79 Å². The van der Waals surface area contributed by atoms with Gasteiger partial charge in [0, 0.05) is 12.8 Å². The molecule has 0 unspecified atom stereocenters. The van der Waals surface area contributed by atoms with Crippen LogP contribution in [0.25, 0.3) is 0 Å². The van der Waals surface area contributed by atoms with Gasteiger partial charge in [-0.3, -0.25) is 0 Å². The molecule has 1 aliphatic heterocycles. The molecule has 0 aromatic rings. The Morgan fingerprint density at radius 2 is 2.33 bits per heavy atom. The summed E-state index contributed by atoms with van der Waals surface area (Å²) in [6.45, 7) is 1.92. The van der Waals surface area contributed by atoms with Crippen LogP contribution < -0.4 is 0 Å². The molecule has 2 aliphatic rings. The van der Waals surface area contributed by atoms with Crippen LogP contribution in [0, 0.1) is 0 Å². The monoisotopic (exact) mass is 126 g/mol. The second-order valence-electron chi connectivity index (χ2n) is 2.71. The van der Waals surface area contributed by atoms with Gasteiger partial charge >= 0.3 is 0 Å². The number of allylic oxidation sites excluding steroid dienone is 1. The molecule has 2 heteroatoms. The Bertz CT molecular complexity index is 156. The SMILES string of the molecule is CC1=COC2(CCC2)O1. The number of hydrogen-bond acceptors (Lipinski definition) is 2. The molecule has 0 bridgehead atoms. The van der Waals surface area contributed by atoms with Gasteiger partial charge in [0.25, 0.3) is 0 Å². The zero-order valence-electron chi connectivity index (χ0n) is 5.52. The first-order valence-electron chi connectivity index (χ1n) is 3.34. The third kappa shape index (κ3) is 0.622. The first-order valence-corrected chi connectivity index (χ1v) is 3.34. The maximum absolute atomic E-state index is 5.42. The molecule has 0 aromatic carbocycles. The largest absolute Gasteiger partial charge is 0.456 e. The molecule has 1 aliphatic carbocycles. The highest BCUT2D eigenvalue weighted by atomic mass is 16.7. The van der Waals surface area contributed by atoms with Crippen LogP contribution in [0.1, 0.15) is 26.2 Å². The Morgan fingerprint density at radius 3 is 2.56 bits per heavy atom. The van der Waals surface area contributed by atoms with Crippen molar-refractivity contribution in [3.8, 4) is 0 Å². The van der Waals surface area contributed by atoms with Gasteiger partial charge in [0.2, 0.25) is 5.79 Å². The standard InChI is InChI=1S/C7H10O2/c1-6-5-8-7(9-6)3-2-4-7/h5H,2-4H2,1H3. The van der Waals surface area contributed by atoms with Gasteiger partial charge in [0.1, 0.15) is 12.0 Å². The lowest BCUT2D eigenvalue weighted by molar-refractivity contribution is -0.198. The van der Waals surface area contributed by atoms with Gasteiger partial charge in [-0.05, 0) is 13.3 Å². The highest BCUT2D eigenvalue weighted by molar-refractivity contribution is 4.97. The van der Waals surface area contributed by atoms with E-state index >= 15 is 0 Å². The van der Waals surface area contributed by atoms with Crippen molar-refractivity contribution in [2.45, 2.75) is 32.0 Å². The maximum atomic E-state index is 5.42. The lowest BCUT2D eigenvalue weighted by Gasteiger charge is -2.35. The van der Waals surface area contributed by atoms with Crippen LogP contribution in [-0.2, 0) is 9.47 Å². The zero-order valence-corrected chi connectivity index (χ0v) is 5.52. The van der Waals surface area contributed by atoms with Crippen molar-refractivity contribution in [3.05, 3.63) is 12.0 Å². The van der Waals surface area contributed by atoms with Crippen LogP contribution in [0.4, 0.5) is 0 Å². The first kappa shape index (κ1) is 5.15. The lowest BCUT2D eigenvalue weighted by atomic mass is 9.91. The number of hydrogen-bond donors (Lipinski definition) is 0. The summed E-state index contributed by atoms with van der Waals surface area (Å²) in [5.74, 6) is 0.707. The Balaban J connectivity index is 2.05. The quantitative estimate of drug-likeness (QED) is 0.492. The van der Waals surface area contributed by atoms with E-state index in [0.29, 0.717) is 0 Å². The summed E-state index contributed by atoms with van der Waals surface area (Å²) < 4.78 is 10.7. The summed E-state index contributed by atoms with van der Waals surface area (Å²) in [6.07, 6.45) is 5.06. The second kappa shape index (κ2) is 1.43. The van der Waals surface area contributed by atoms with E-state index in [1.807, 2.05) is 6.92 Å². The van der Waals surface area contributed by atoms with Crippen LogP contribution >= 0.6 is 0 Å². The Labute approximate surface area is 54.5 Å². The molecular formula is C7H10O2. The van der Waals surface area contributed by atoms with E-state index in [-0.39, 0.29) is 5.79 Å². The predicted molar refractivity (Wildman–Crippen MR) is 32.5 cm³/mol. The van der Waals surface area contributed by atoms with Gasteiger partial charge in [-0.1, -0.05) is 0 Å². The molecule has 1 spiro atoms. The molecule has 1 saturated carbocycles. The molecular weight excluding hydrogens is 116 g/mol. The van der Waals surface area contributed by atoms with Gasteiger partial charge < -0.3 is 9.47 Å². The van der Waals surface area contributed by atoms with Gasteiger partial charge in [-0.25, -0.2) is 0 Å². The van der Waals surface area contributed by atoms with Gasteiger partial charge in [-0.15, -0.1) is 0 Å². The van der Waals surface area contributed by atoms with Crippen molar-refractivity contribution < 1.29 is 9.47 Å². The van der Waals surface area contributed by atoms with E-state index in [1.54, 1.807) is 6.26 Å². The maximum Gasteiger partial charge on any atom is 0.250 e. The molecule has 0 N–H and O–H groups in total. The van der Waals surface area contributed by atoms with E-state index in [1.165, 1.54) is 6.42 Å². The van der Waals surface area contributed by atoms with E-state index in [0.717, 1.165) is 18.6 Å². The van der Waals surface area contributed by atoms with Crippen LogP contribution in [0.15, 0.2) is 12.0 Å². The van der Waals surface area contributed by atoms with Crippen molar-refractivity contribution in [3.63, 3.8) is 0 Å². The average molecular weight is 126 g/mol. The summed E-state index contributed by atoms with van der Waals surface area (Å²) in [6, 6.07) is 0. The highest BCUT2D eigenvalue weighted by Gasteiger charge is 2.43. The van der Waals surface area contributed by atoms with Crippen molar-refractivity contribution in [1.29, 1.82) is 0 Å². The summed E-state index contributed by atoms with van der Waals surface area (Å²) in [5, 5.41) is 0. The third-order valence-electron chi connectivity index (χ3n) is 1.90. The predicted octanol–water partition coefficient (Wildman–Crippen LogP) is 1.77. The van der Waals surface area contributed by atoms with E-state index < -0.39 is 0 Å². The fourth-order valence-electron chi connectivity index (χ4n) is 1.22. The summed E-state index contributed by atoms with van der Waals surface area (Å²) in [5.41, 5.74) is 0. The Kier molecular flexibility index (Phi) is 0.821. The molecule has 1 fully saturated rings. The van der Waals surface area contributed by atoms with Crippen LogP contribution in [0.5, 0.6) is 0 Å². The van der Waals surface area contributed by atoms with Gasteiger partial charge in [-0.2, -0.15) is 0 Å². The first-order chi connectivity index (χ1) is 4.31. The summed E-state index contributed by atoms with van der Waals surface area (Å²) >= 11 is 0. The average Bonchev–Trinajstić information content (AvgIpc) is 2.09. The molecule has 50 valence electrons. The lowest BCUT2D eigenvalue weighted by Crippen LogP contribution is -2.37. The zero-order chi connectivity index (χ0) is 6.32. The normalized spacial score (nSPS) is 28.3. The van der Waals surface area contributed by atoms with Crippen LogP contribution in [0.3, 0.4) is 0 Å². The molecule has 0 aromatic heterocycles. The van der Waals surface area contributed by atoms with Crippen molar-refractivity contribution in [2.75, 3.05) is 0 Å².